The molecular formula is C19H21N3O3. The molecule has 1 aromatic carbocycles. The lowest BCUT2D eigenvalue weighted by Gasteiger charge is -2.14. The van der Waals surface area contributed by atoms with Gasteiger partial charge in [-0.15, -0.1) is 0 Å². The summed E-state index contributed by atoms with van der Waals surface area (Å²) in [5.41, 5.74) is 2.43. The number of pyridine rings is 1. The van der Waals surface area contributed by atoms with Gasteiger partial charge in [-0.2, -0.15) is 0 Å². The third-order valence-corrected chi connectivity index (χ3v) is 4.62. The molecule has 0 bridgehead atoms. The summed E-state index contributed by atoms with van der Waals surface area (Å²) >= 11 is 0. The van der Waals surface area contributed by atoms with Gasteiger partial charge in [0.15, 0.2) is 11.5 Å². The third kappa shape index (κ3) is 3.68. The minimum absolute atomic E-state index is 0.139. The van der Waals surface area contributed by atoms with Gasteiger partial charge in [0.2, 0.25) is 6.79 Å². The summed E-state index contributed by atoms with van der Waals surface area (Å²) in [4.78, 5) is 16.6. The highest BCUT2D eigenvalue weighted by Gasteiger charge is 2.16. The van der Waals surface area contributed by atoms with E-state index in [0.29, 0.717) is 18.2 Å². The third-order valence-electron chi connectivity index (χ3n) is 4.62. The molecule has 4 rings (SSSR count). The fourth-order valence-corrected chi connectivity index (χ4v) is 3.28. The van der Waals surface area contributed by atoms with Gasteiger partial charge in [0.25, 0.3) is 5.91 Å². The van der Waals surface area contributed by atoms with Gasteiger partial charge in [0, 0.05) is 25.0 Å². The van der Waals surface area contributed by atoms with Crippen LogP contribution in [0.15, 0.2) is 36.7 Å². The Hall–Kier alpha value is -2.76. The minimum atomic E-state index is -0.139. The van der Waals surface area contributed by atoms with Crippen LogP contribution in [0, 0.1) is 0 Å². The average Bonchev–Trinajstić information content (AvgIpc) is 3.31. The molecule has 2 heterocycles. The summed E-state index contributed by atoms with van der Waals surface area (Å²) in [6.45, 7) is 0.674. The Morgan fingerprint density at radius 3 is 2.84 bits per heavy atom. The zero-order valence-corrected chi connectivity index (χ0v) is 14.0. The Kier molecular flexibility index (Phi) is 4.41. The Labute approximate surface area is 146 Å². The number of hydrogen-bond acceptors (Lipinski definition) is 5. The Morgan fingerprint density at radius 1 is 1.12 bits per heavy atom. The van der Waals surface area contributed by atoms with Crippen molar-refractivity contribution in [2.45, 2.75) is 38.3 Å². The number of ether oxygens (including phenoxy) is 2. The molecule has 0 unspecified atom stereocenters. The molecular weight excluding hydrogens is 318 g/mol. The van der Waals surface area contributed by atoms with Crippen LogP contribution in [0.25, 0.3) is 0 Å². The van der Waals surface area contributed by atoms with E-state index in [0.717, 1.165) is 22.7 Å². The number of carbonyl (C=O) groups excluding carboxylic acids is 1. The molecule has 1 fully saturated rings. The minimum Gasteiger partial charge on any atom is -0.454 e. The summed E-state index contributed by atoms with van der Waals surface area (Å²) in [5, 5.41) is 6.39. The highest BCUT2D eigenvalue weighted by molar-refractivity contribution is 5.94. The first-order valence-electron chi connectivity index (χ1n) is 8.66. The lowest BCUT2D eigenvalue weighted by molar-refractivity contribution is 0.0950. The summed E-state index contributed by atoms with van der Waals surface area (Å²) in [6, 6.07) is 8.02. The van der Waals surface area contributed by atoms with E-state index in [1.165, 1.54) is 25.7 Å². The van der Waals surface area contributed by atoms with E-state index >= 15 is 0 Å². The van der Waals surface area contributed by atoms with Gasteiger partial charge in [-0.05, 0) is 36.6 Å². The molecule has 1 aliphatic carbocycles. The number of anilines is 1. The Bertz CT molecular complexity index is 772. The summed E-state index contributed by atoms with van der Waals surface area (Å²) < 4.78 is 10.6. The van der Waals surface area contributed by atoms with Gasteiger partial charge in [-0.1, -0.05) is 18.9 Å². The lowest BCUT2D eigenvalue weighted by atomic mass is 10.2. The van der Waals surface area contributed by atoms with Gasteiger partial charge in [0.1, 0.15) is 0 Å². The summed E-state index contributed by atoms with van der Waals surface area (Å²) in [6.07, 6.45) is 8.25. The normalized spacial score (nSPS) is 16.0. The number of carbonyl (C=O) groups is 1. The molecule has 2 aromatic rings. The van der Waals surface area contributed by atoms with E-state index in [1.54, 1.807) is 12.4 Å². The second kappa shape index (κ2) is 7.01. The number of nitrogens with zero attached hydrogens (tertiary/aromatic N) is 1. The van der Waals surface area contributed by atoms with Gasteiger partial charge in [-0.25, -0.2) is 0 Å². The van der Waals surface area contributed by atoms with Crippen LogP contribution in [0.4, 0.5) is 5.69 Å². The highest BCUT2D eigenvalue weighted by Crippen LogP contribution is 2.32. The topological polar surface area (TPSA) is 72.5 Å². The maximum Gasteiger partial charge on any atom is 0.253 e. The molecule has 0 saturated heterocycles. The van der Waals surface area contributed by atoms with Crippen LogP contribution in [-0.4, -0.2) is 23.7 Å². The molecule has 130 valence electrons. The Balaban J connectivity index is 1.37. The monoisotopic (exact) mass is 339 g/mol. The summed E-state index contributed by atoms with van der Waals surface area (Å²) in [5.74, 6) is 1.32. The van der Waals surface area contributed by atoms with Crippen LogP contribution in [0.1, 0.15) is 41.6 Å². The van der Waals surface area contributed by atoms with Crippen molar-refractivity contribution in [1.29, 1.82) is 0 Å². The van der Waals surface area contributed by atoms with Crippen molar-refractivity contribution in [3.8, 4) is 11.5 Å². The first-order valence-corrected chi connectivity index (χ1v) is 8.66. The molecule has 2 N–H and O–H groups in total. The molecule has 6 heteroatoms. The second-order valence-corrected chi connectivity index (χ2v) is 6.46. The van der Waals surface area contributed by atoms with E-state index in [4.69, 9.17) is 9.47 Å². The van der Waals surface area contributed by atoms with Crippen LogP contribution < -0.4 is 20.1 Å². The molecule has 1 aromatic heterocycles. The molecule has 2 aliphatic rings. The number of nitrogens with one attached hydrogen (secondary N) is 2. The van der Waals surface area contributed by atoms with Crippen molar-refractivity contribution in [3.63, 3.8) is 0 Å². The Morgan fingerprint density at radius 2 is 1.96 bits per heavy atom. The van der Waals surface area contributed by atoms with Crippen molar-refractivity contribution in [3.05, 3.63) is 47.8 Å². The fraction of sp³-hybridized carbons (Fsp3) is 0.368. The fourth-order valence-electron chi connectivity index (χ4n) is 3.28. The largest absolute Gasteiger partial charge is 0.454 e. The van der Waals surface area contributed by atoms with Crippen molar-refractivity contribution in [1.82, 2.24) is 10.3 Å². The molecule has 1 saturated carbocycles. The SMILES string of the molecule is O=C(NCc1ccc2c(c1)OCO2)c1cncc(NC2CCCC2)c1. The maximum atomic E-state index is 12.4. The highest BCUT2D eigenvalue weighted by atomic mass is 16.7. The van der Waals surface area contributed by atoms with E-state index in [1.807, 2.05) is 24.3 Å². The number of benzene rings is 1. The van der Waals surface area contributed by atoms with E-state index in [2.05, 4.69) is 15.6 Å². The van der Waals surface area contributed by atoms with Crippen LogP contribution in [0.3, 0.4) is 0 Å². The number of fused-ring (bicyclic) bond motifs is 1. The van der Waals surface area contributed by atoms with Crippen LogP contribution in [0.5, 0.6) is 11.5 Å². The van der Waals surface area contributed by atoms with Crippen molar-refractivity contribution < 1.29 is 14.3 Å². The van der Waals surface area contributed by atoms with Crippen molar-refractivity contribution >= 4 is 11.6 Å². The van der Waals surface area contributed by atoms with Gasteiger partial charge in [-0.3, -0.25) is 9.78 Å². The van der Waals surface area contributed by atoms with Crippen LogP contribution in [0.2, 0.25) is 0 Å². The predicted octanol–water partition coefficient (Wildman–Crippen LogP) is 3.09. The van der Waals surface area contributed by atoms with Crippen molar-refractivity contribution in [2.24, 2.45) is 0 Å². The van der Waals surface area contributed by atoms with E-state index < -0.39 is 0 Å². The number of hydrogen-bond donors (Lipinski definition) is 2. The smallest absolute Gasteiger partial charge is 0.253 e. The quantitative estimate of drug-likeness (QED) is 0.876. The zero-order chi connectivity index (χ0) is 17.1. The van der Waals surface area contributed by atoms with E-state index in [-0.39, 0.29) is 12.7 Å². The van der Waals surface area contributed by atoms with Gasteiger partial charge in [0.05, 0.1) is 11.3 Å². The van der Waals surface area contributed by atoms with E-state index in [9.17, 15) is 4.79 Å². The lowest BCUT2D eigenvalue weighted by Crippen LogP contribution is -2.23. The molecule has 0 atom stereocenters. The predicted molar refractivity (Wildman–Crippen MR) is 93.9 cm³/mol. The van der Waals surface area contributed by atoms with Crippen LogP contribution in [-0.2, 0) is 6.54 Å². The molecule has 0 spiro atoms. The number of amides is 1. The maximum absolute atomic E-state index is 12.4. The zero-order valence-electron chi connectivity index (χ0n) is 14.0. The standard InChI is InChI=1S/C19H21N3O3/c23-19(21-9-13-5-6-17-18(7-13)25-12-24-17)14-8-16(11-20-10-14)22-15-3-1-2-4-15/h5-8,10-11,15,22H,1-4,9,12H2,(H,21,23). The number of rotatable bonds is 5. The van der Waals surface area contributed by atoms with Gasteiger partial charge < -0.3 is 20.1 Å². The molecule has 0 radical (unpaired) electrons. The molecule has 25 heavy (non-hydrogen) atoms. The molecule has 1 aliphatic heterocycles. The second-order valence-electron chi connectivity index (χ2n) is 6.46. The first-order chi connectivity index (χ1) is 12.3. The summed E-state index contributed by atoms with van der Waals surface area (Å²) in [7, 11) is 0. The first kappa shape index (κ1) is 15.7. The van der Waals surface area contributed by atoms with Crippen LogP contribution >= 0.6 is 0 Å². The molecule has 6 nitrogen and oxygen atoms in total. The molecule has 1 amide bonds. The average molecular weight is 339 g/mol. The van der Waals surface area contributed by atoms with Crippen molar-refractivity contribution in [2.75, 3.05) is 12.1 Å². The number of aromatic nitrogens is 1. The van der Waals surface area contributed by atoms with Gasteiger partial charge >= 0.3 is 0 Å².